The zero-order valence-electron chi connectivity index (χ0n) is 21.1. The number of halogens is 4. The molecular formula is C30H26F4N4O. The highest BCUT2D eigenvalue weighted by atomic mass is 19.4. The smallest absolute Gasteiger partial charge is 0.416 e. The summed E-state index contributed by atoms with van der Waals surface area (Å²) in [6.45, 7) is 3.12. The van der Waals surface area contributed by atoms with Crippen molar-refractivity contribution in [1.29, 1.82) is 0 Å². The number of piperidine rings is 1. The van der Waals surface area contributed by atoms with Crippen molar-refractivity contribution in [3.63, 3.8) is 0 Å². The van der Waals surface area contributed by atoms with Gasteiger partial charge in [0.25, 0.3) is 0 Å². The minimum Gasteiger partial charge on any atom is -0.490 e. The molecule has 3 aromatic carbocycles. The molecule has 0 bridgehead atoms. The lowest BCUT2D eigenvalue weighted by Crippen LogP contribution is -2.38. The zero-order chi connectivity index (χ0) is 27.1. The van der Waals surface area contributed by atoms with Gasteiger partial charge in [-0.3, -0.25) is 0 Å². The van der Waals surface area contributed by atoms with Crippen molar-refractivity contribution in [1.82, 2.24) is 9.97 Å². The average Bonchev–Trinajstić information content (AvgIpc) is 3.29. The van der Waals surface area contributed by atoms with E-state index in [0.717, 1.165) is 35.9 Å². The number of H-pyrrole nitrogens is 1. The maximum atomic E-state index is 13.9. The van der Waals surface area contributed by atoms with Crippen LogP contribution in [0.1, 0.15) is 24.0 Å². The number of alkyl halides is 3. The van der Waals surface area contributed by atoms with Gasteiger partial charge in [0.05, 0.1) is 22.3 Å². The van der Waals surface area contributed by atoms with E-state index in [9.17, 15) is 17.6 Å². The van der Waals surface area contributed by atoms with Gasteiger partial charge in [-0.2, -0.15) is 13.2 Å². The van der Waals surface area contributed by atoms with Crippen LogP contribution in [0.25, 0.3) is 21.8 Å². The number of rotatable bonds is 5. The summed E-state index contributed by atoms with van der Waals surface area (Å²) >= 11 is 0. The lowest BCUT2D eigenvalue weighted by atomic mass is 10.0. The first kappa shape index (κ1) is 25.0. The second-order valence-corrected chi connectivity index (χ2v) is 9.80. The number of para-hydroxylation sites is 1. The van der Waals surface area contributed by atoms with E-state index in [0.29, 0.717) is 46.4 Å². The molecule has 0 aliphatic carbocycles. The molecule has 1 aliphatic rings. The predicted molar refractivity (Wildman–Crippen MR) is 145 cm³/mol. The number of pyridine rings is 1. The number of nitrogens with zero attached hydrogens (tertiary/aromatic N) is 2. The fourth-order valence-electron chi connectivity index (χ4n) is 5.24. The van der Waals surface area contributed by atoms with Gasteiger partial charge in [0.2, 0.25) is 0 Å². The van der Waals surface area contributed by atoms with Crippen LogP contribution in [0.15, 0.2) is 72.9 Å². The van der Waals surface area contributed by atoms with Crippen molar-refractivity contribution in [3.05, 3.63) is 89.9 Å². The van der Waals surface area contributed by atoms with E-state index in [1.54, 1.807) is 18.2 Å². The van der Waals surface area contributed by atoms with Crippen molar-refractivity contribution < 1.29 is 22.3 Å². The first-order chi connectivity index (χ1) is 18.8. The first-order valence-corrected chi connectivity index (χ1v) is 12.8. The lowest BCUT2D eigenvalue weighted by molar-refractivity contribution is -0.137. The van der Waals surface area contributed by atoms with Crippen molar-refractivity contribution in [3.8, 4) is 5.75 Å². The standard InChI is InChI=1S/C30H26F4N4O/c1-18-28(38-13-11-22(12-14-38)39-21-5-3-2-4-6-21)24-15-19(30(32,33)34)7-10-26(24)37-29(18)36-20-8-9-23-25(31)17-35-27(23)16-20/h2-10,15-17,22,35H,11-14H2,1H3,(H,36,37). The molecule has 200 valence electrons. The molecule has 5 nitrogen and oxygen atoms in total. The number of anilines is 3. The summed E-state index contributed by atoms with van der Waals surface area (Å²) in [5.41, 5.74) is 2.53. The number of hydrogen-bond donors (Lipinski definition) is 2. The SMILES string of the molecule is Cc1c(Nc2ccc3c(F)c[nH]c3c2)nc2ccc(C(F)(F)F)cc2c1N1CCC(Oc2ccccc2)CC1. The maximum Gasteiger partial charge on any atom is 0.416 e. The Morgan fingerprint density at radius 3 is 2.49 bits per heavy atom. The summed E-state index contributed by atoms with van der Waals surface area (Å²) in [4.78, 5) is 9.72. The predicted octanol–water partition coefficient (Wildman–Crippen LogP) is 7.97. The van der Waals surface area contributed by atoms with E-state index in [2.05, 4.69) is 15.2 Å². The van der Waals surface area contributed by atoms with E-state index in [1.807, 2.05) is 37.3 Å². The van der Waals surface area contributed by atoms with E-state index in [-0.39, 0.29) is 11.9 Å². The Labute approximate surface area is 222 Å². The highest BCUT2D eigenvalue weighted by molar-refractivity contribution is 5.97. The summed E-state index contributed by atoms with van der Waals surface area (Å²) in [7, 11) is 0. The summed E-state index contributed by atoms with van der Waals surface area (Å²) in [5, 5.41) is 4.24. The Balaban J connectivity index is 1.36. The van der Waals surface area contributed by atoms with Gasteiger partial charge in [0, 0.05) is 54.2 Å². The zero-order valence-corrected chi connectivity index (χ0v) is 21.1. The Morgan fingerprint density at radius 1 is 0.974 bits per heavy atom. The van der Waals surface area contributed by atoms with Crippen LogP contribution in [-0.2, 0) is 6.18 Å². The molecule has 0 amide bonds. The molecule has 1 saturated heterocycles. The van der Waals surface area contributed by atoms with Crippen LogP contribution in [0.2, 0.25) is 0 Å². The van der Waals surface area contributed by atoms with E-state index in [4.69, 9.17) is 9.72 Å². The minimum absolute atomic E-state index is 0.0216. The molecule has 2 N–H and O–H groups in total. The van der Waals surface area contributed by atoms with Crippen molar-refractivity contribution in [2.24, 2.45) is 0 Å². The van der Waals surface area contributed by atoms with Crippen LogP contribution in [0.3, 0.4) is 0 Å². The molecule has 39 heavy (non-hydrogen) atoms. The summed E-state index contributed by atoms with van der Waals surface area (Å²) in [6.07, 6.45) is -1.68. The Hall–Kier alpha value is -4.27. The average molecular weight is 535 g/mol. The number of nitrogens with one attached hydrogen (secondary N) is 2. The molecule has 3 heterocycles. The van der Waals surface area contributed by atoms with Gasteiger partial charge >= 0.3 is 6.18 Å². The van der Waals surface area contributed by atoms with Crippen LogP contribution in [0.5, 0.6) is 5.75 Å². The maximum absolute atomic E-state index is 13.9. The second-order valence-electron chi connectivity index (χ2n) is 9.80. The van der Waals surface area contributed by atoms with E-state index in [1.165, 1.54) is 18.3 Å². The Bertz CT molecular complexity index is 1640. The summed E-state index contributed by atoms with van der Waals surface area (Å²) in [5.74, 6) is 1.01. The summed E-state index contributed by atoms with van der Waals surface area (Å²) in [6, 6.07) is 18.5. The molecule has 0 spiro atoms. The highest BCUT2D eigenvalue weighted by Crippen LogP contribution is 2.40. The first-order valence-electron chi connectivity index (χ1n) is 12.8. The van der Waals surface area contributed by atoms with E-state index < -0.39 is 11.7 Å². The quantitative estimate of drug-likeness (QED) is 0.225. The van der Waals surface area contributed by atoms with Crippen molar-refractivity contribution >= 4 is 39.0 Å². The van der Waals surface area contributed by atoms with Crippen LogP contribution < -0.4 is 15.0 Å². The Morgan fingerprint density at radius 2 is 1.74 bits per heavy atom. The van der Waals surface area contributed by atoms with Gasteiger partial charge in [0.15, 0.2) is 0 Å². The molecule has 1 aliphatic heterocycles. The number of hydrogen-bond acceptors (Lipinski definition) is 4. The number of aromatic amines is 1. The fourth-order valence-corrected chi connectivity index (χ4v) is 5.24. The molecule has 1 fully saturated rings. The highest BCUT2D eigenvalue weighted by Gasteiger charge is 2.32. The van der Waals surface area contributed by atoms with Gasteiger partial charge in [-0.1, -0.05) is 18.2 Å². The van der Waals surface area contributed by atoms with Crippen molar-refractivity contribution in [2.75, 3.05) is 23.3 Å². The van der Waals surface area contributed by atoms with Gasteiger partial charge in [-0.25, -0.2) is 9.37 Å². The molecule has 0 radical (unpaired) electrons. The number of ether oxygens (including phenoxy) is 1. The third kappa shape index (κ3) is 4.96. The fraction of sp³-hybridized carbons (Fsp3) is 0.233. The van der Waals surface area contributed by atoms with Crippen LogP contribution in [0, 0.1) is 12.7 Å². The normalized spacial score (nSPS) is 14.7. The monoisotopic (exact) mass is 534 g/mol. The van der Waals surface area contributed by atoms with Crippen LogP contribution in [0.4, 0.5) is 34.8 Å². The molecule has 6 rings (SSSR count). The lowest BCUT2D eigenvalue weighted by Gasteiger charge is -2.35. The minimum atomic E-state index is -4.46. The van der Waals surface area contributed by atoms with Crippen LogP contribution in [-0.4, -0.2) is 29.2 Å². The topological polar surface area (TPSA) is 53.2 Å². The molecule has 0 unspecified atom stereocenters. The molecule has 5 aromatic rings. The van der Waals surface area contributed by atoms with Crippen LogP contribution >= 0.6 is 0 Å². The number of aromatic nitrogens is 2. The van der Waals surface area contributed by atoms with E-state index >= 15 is 0 Å². The molecule has 9 heteroatoms. The summed E-state index contributed by atoms with van der Waals surface area (Å²) < 4.78 is 61.0. The third-order valence-corrected chi connectivity index (χ3v) is 7.22. The molecule has 0 atom stereocenters. The molecule has 2 aromatic heterocycles. The van der Waals surface area contributed by atoms with Gasteiger partial charge < -0.3 is 19.9 Å². The molecular weight excluding hydrogens is 508 g/mol. The number of benzene rings is 3. The second kappa shape index (κ2) is 9.80. The van der Waals surface area contributed by atoms with Crippen molar-refractivity contribution in [2.45, 2.75) is 32.0 Å². The third-order valence-electron chi connectivity index (χ3n) is 7.22. The molecule has 0 saturated carbocycles. The van der Waals surface area contributed by atoms with Gasteiger partial charge in [-0.15, -0.1) is 0 Å². The van der Waals surface area contributed by atoms with Gasteiger partial charge in [0.1, 0.15) is 23.5 Å². The number of fused-ring (bicyclic) bond motifs is 2. The van der Waals surface area contributed by atoms with Gasteiger partial charge in [-0.05, 0) is 55.5 Å². The Kier molecular flexibility index (Phi) is 6.29. The largest absolute Gasteiger partial charge is 0.490 e.